The van der Waals surface area contributed by atoms with Gasteiger partial charge in [-0.25, -0.2) is 9.97 Å². The molecule has 1 fully saturated rings. The first-order valence-electron chi connectivity index (χ1n) is 9.14. The quantitative estimate of drug-likeness (QED) is 0.610. The second kappa shape index (κ2) is 5.76. The molecule has 27 heavy (non-hydrogen) atoms. The van der Waals surface area contributed by atoms with Crippen molar-refractivity contribution < 1.29 is 5.11 Å². The van der Waals surface area contributed by atoms with E-state index < -0.39 is 0 Å². The van der Waals surface area contributed by atoms with Crippen LogP contribution in [0, 0.1) is 13.8 Å². The predicted molar refractivity (Wildman–Crippen MR) is 102 cm³/mol. The van der Waals surface area contributed by atoms with Gasteiger partial charge in [-0.05, 0) is 50.1 Å². The molecule has 1 aliphatic carbocycles. The average Bonchev–Trinajstić information content (AvgIpc) is 3.38. The fourth-order valence-corrected chi connectivity index (χ4v) is 4.13. The van der Waals surface area contributed by atoms with Crippen LogP contribution in [0.2, 0.25) is 0 Å². The van der Waals surface area contributed by atoms with Crippen molar-refractivity contribution in [2.75, 3.05) is 0 Å². The van der Waals surface area contributed by atoms with Gasteiger partial charge in [-0.3, -0.25) is 9.20 Å². The third-order valence-electron chi connectivity index (χ3n) is 5.62. The maximum absolute atomic E-state index is 13.0. The number of imidazole rings is 1. The summed E-state index contributed by atoms with van der Waals surface area (Å²) in [6.45, 7) is 3.98. The highest BCUT2D eigenvalue weighted by Gasteiger charge is 2.45. The van der Waals surface area contributed by atoms with E-state index in [0.29, 0.717) is 5.65 Å². The molecule has 4 aromatic rings. The lowest BCUT2D eigenvalue weighted by atomic mass is 10.1. The number of aromatic nitrogens is 4. The molecule has 5 rings (SSSR count). The molecule has 0 aliphatic heterocycles. The Balaban J connectivity index is 1.58. The van der Waals surface area contributed by atoms with Crippen LogP contribution in [0.1, 0.15) is 46.5 Å². The summed E-state index contributed by atoms with van der Waals surface area (Å²) in [5, 5.41) is 9.35. The van der Waals surface area contributed by atoms with Gasteiger partial charge < -0.3 is 9.51 Å². The molecular formula is C21H20N4O2. The van der Waals surface area contributed by atoms with E-state index in [1.165, 1.54) is 0 Å². The summed E-state index contributed by atoms with van der Waals surface area (Å²) >= 11 is 0. The van der Waals surface area contributed by atoms with Crippen molar-refractivity contribution >= 4 is 11.3 Å². The maximum Gasteiger partial charge on any atom is 0.261 e. The van der Waals surface area contributed by atoms with E-state index in [2.05, 4.69) is 11.9 Å². The SMILES string of the molecule is Cc1nc2ccccn2c(=O)c1C1CC1c1nc2cc(CO)ccn2c1C. The summed E-state index contributed by atoms with van der Waals surface area (Å²) in [4.78, 5) is 22.4. The Morgan fingerprint density at radius 3 is 2.74 bits per heavy atom. The van der Waals surface area contributed by atoms with Crippen LogP contribution in [0.15, 0.2) is 47.5 Å². The van der Waals surface area contributed by atoms with Crippen molar-refractivity contribution in [2.45, 2.75) is 38.7 Å². The van der Waals surface area contributed by atoms with Crippen LogP contribution >= 0.6 is 0 Å². The normalized spacial score (nSPS) is 19.1. The predicted octanol–water partition coefficient (Wildman–Crippen LogP) is 2.72. The highest BCUT2D eigenvalue weighted by molar-refractivity contribution is 5.49. The summed E-state index contributed by atoms with van der Waals surface area (Å²) < 4.78 is 3.67. The zero-order valence-corrected chi connectivity index (χ0v) is 15.3. The van der Waals surface area contributed by atoms with E-state index in [1.54, 1.807) is 10.6 Å². The molecule has 0 bridgehead atoms. The molecule has 2 unspecified atom stereocenters. The van der Waals surface area contributed by atoms with Gasteiger partial charge in [0, 0.05) is 41.2 Å². The van der Waals surface area contributed by atoms with E-state index in [4.69, 9.17) is 4.98 Å². The lowest BCUT2D eigenvalue weighted by Crippen LogP contribution is -2.21. The van der Waals surface area contributed by atoms with Crippen molar-refractivity contribution in [3.05, 3.63) is 81.3 Å². The van der Waals surface area contributed by atoms with Crippen molar-refractivity contribution in [1.29, 1.82) is 0 Å². The summed E-state index contributed by atoms with van der Waals surface area (Å²) in [6, 6.07) is 9.41. The first-order valence-corrected chi connectivity index (χ1v) is 9.14. The van der Waals surface area contributed by atoms with Gasteiger partial charge in [0.1, 0.15) is 11.3 Å². The fourth-order valence-electron chi connectivity index (χ4n) is 4.13. The lowest BCUT2D eigenvalue weighted by molar-refractivity contribution is 0.282. The zero-order chi connectivity index (χ0) is 18.7. The molecule has 1 aliphatic rings. The molecule has 6 heteroatoms. The second-order valence-corrected chi connectivity index (χ2v) is 7.30. The molecule has 2 atom stereocenters. The van der Waals surface area contributed by atoms with E-state index in [9.17, 15) is 9.90 Å². The van der Waals surface area contributed by atoms with E-state index in [0.717, 1.165) is 40.3 Å². The summed E-state index contributed by atoms with van der Waals surface area (Å²) in [5.41, 5.74) is 6.12. The fraction of sp³-hybridized carbons (Fsp3) is 0.286. The summed E-state index contributed by atoms with van der Waals surface area (Å²) in [5.74, 6) is 0.389. The highest BCUT2D eigenvalue weighted by Crippen LogP contribution is 2.54. The molecule has 0 radical (unpaired) electrons. The topological polar surface area (TPSA) is 71.9 Å². The minimum Gasteiger partial charge on any atom is -0.392 e. The van der Waals surface area contributed by atoms with Crippen molar-refractivity contribution in [3.8, 4) is 0 Å². The monoisotopic (exact) mass is 360 g/mol. The average molecular weight is 360 g/mol. The van der Waals surface area contributed by atoms with Crippen LogP contribution in [0.3, 0.4) is 0 Å². The van der Waals surface area contributed by atoms with Gasteiger partial charge in [0.25, 0.3) is 5.56 Å². The molecule has 6 nitrogen and oxygen atoms in total. The van der Waals surface area contributed by atoms with Crippen molar-refractivity contribution in [3.63, 3.8) is 0 Å². The minimum atomic E-state index is 0.00249. The van der Waals surface area contributed by atoms with Gasteiger partial charge in [0.05, 0.1) is 12.3 Å². The summed E-state index contributed by atoms with van der Waals surface area (Å²) in [7, 11) is 0. The van der Waals surface area contributed by atoms with E-state index in [1.807, 2.05) is 47.9 Å². The smallest absolute Gasteiger partial charge is 0.261 e. The number of hydrogen-bond acceptors (Lipinski definition) is 4. The van der Waals surface area contributed by atoms with Gasteiger partial charge >= 0.3 is 0 Å². The third kappa shape index (κ3) is 2.40. The Hall–Kier alpha value is -2.99. The standard InChI is InChI=1S/C21H20N4O2/c1-12-19(21(27)25-7-4-3-5-17(25)22-12)15-10-16(15)20-13(2)24-8-6-14(11-26)9-18(24)23-20/h3-9,15-16,26H,10-11H2,1-2H3. The van der Waals surface area contributed by atoms with Crippen LogP contribution in [0.4, 0.5) is 0 Å². The molecule has 0 aromatic carbocycles. The lowest BCUT2D eigenvalue weighted by Gasteiger charge is -2.07. The van der Waals surface area contributed by atoms with Gasteiger partial charge in [0.2, 0.25) is 0 Å². The first-order chi connectivity index (χ1) is 13.1. The van der Waals surface area contributed by atoms with Crippen LogP contribution in [-0.2, 0) is 6.61 Å². The Labute approximate surface area is 155 Å². The van der Waals surface area contributed by atoms with Gasteiger partial charge in [-0.1, -0.05) is 6.07 Å². The van der Waals surface area contributed by atoms with Gasteiger partial charge in [0.15, 0.2) is 0 Å². The van der Waals surface area contributed by atoms with E-state index >= 15 is 0 Å². The Morgan fingerprint density at radius 1 is 1.07 bits per heavy atom. The number of pyridine rings is 2. The number of aliphatic hydroxyl groups excluding tert-OH is 1. The largest absolute Gasteiger partial charge is 0.392 e. The van der Waals surface area contributed by atoms with Crippen LogP contribution in [0.5, 0.6) is 0 Å². The number of nitrogens with zero attached hydrogens (tertiary/aromatic N) is 4. The van der Waals surface area contributed by atoms with Crippen LogP contribution in [0.25, 0.3) is 11.3 Å². The third-order valence-corrected chi connectivity index (χ3v) is 5.62. The number of rotatable bonds is 3. The van der Waals surface area contributed by atoms with Crippen LogP contribution in [-0.4, -0.2) is 23.9 Å². The second-order valence-electron chi connectivity index (χ2n) is 7.30. The molecule has 4 aromatic heterocycles. The minimum absolute atomic E-state index is 0.00249. The maximum atomic E-state index is 13.0. The molecule has 0 amide bonds. The van der Waals surface area contributed by atoms with E-state index in [-0.39, 0.29) is 24.0 Å². The highest BCUT2D eigenvalue weighted by atomic mass is 16.3. The molecule has 4 heterocycles. The van der Waals surface area contributed by atoms with Gasteiger partial charge in [-0.2, -0.15) is 0 Å². The Bertz CT molecular complexity index is 1250. The Morgan fingerprint density at radius 2 is 1.93 bits per heavy atom. The van der Waals surface area contributed by atoms with Crippen molar-refractivity contribution in [2.24, 2.45) is 0 Å². The molecular weight excluding hydrogens is 340 g/mol. The molecule has 0 saturated heterocycles. The number of fused-ring (bicyclic) bond motifs is 2. The van der Waals surface area contributed by atoms with Crippen LogP contribution < -0.4 is 5.56 Å². The molecule has 1 N–H and O–H groups in total. The zero-order valence-electron chi connectivity index (χ0n) is 15.3. The number of aryl methyl sites for hydroxylation is 2. The number of aliphatic hydroxyl groups is 1. The molecule has 0 spiro atoms. The van der Waals surface area contributed by atoms with Gasteiger partial charge in [-0.15, -0.1) is 0 Å². The Kier molecular flexibility index (Phi) is 3.45. The summed E-state index contributed by atoms with van der Waals surface area (Å²) in [6.07, 6.45) is 4.63. The van der Waals surface area contributed by atoms with Crippen molar-refractivity contribution in [1.82, 2.24) is 18.8 Å². The first kappa shape index (κ1) is 16.2. The molecule has 1 saturated carbocycles. The number of hydrogen-bond donors (Lipinski definition) is 1. The molecule has 136 valence electrons.